The van der Waals surface area contributed by atoms with Gasteiger partial charge >= 0.3 is 0 Å². The molecule has 176 valence electrons. The van der Waals surface area contributed by atoms with E-state index in [-0.39, 0.29) is 18.4 Å². The highest BCUT2D eigenvalue weighted by atomic mass is 16.5. The van der Waals surface area contributed by atoms with E-state index < -0.39 is 0 Å². The Hall–Kier alpha value is -4.53. The van der Waals surface area contributed by atoms with Gasteiger partial charge in [0.15, 0.2) is 5.82 Å². The number of nitrogens with zero attached hydrogens (tertiary/aromatic N) is 4. The summed E-state index contributed by atoms with van der Waals surface area (Å²) in [6.45, 7) is 4.12. The lowest BCUT2D eigenvalue weighted by Crippen LogP contribution is -2.22. The number of rotatable bonds is 7. The van der Waals surface area contributed by atoms with Crippen molar-refractivity contribution in [2.24, 2.45) is 0 Å². The fraction of sp³-hybridized carbons (Fsp3) is 0.192. The third-order valence-corrected chi connectivity index (χ3v) is 5.56. The van der Waals surface area contributed by atoms with Crippen LogP contribution in [0.4, 0.5) is 0 Å². The van der Waals surface area contributed by atoms with Gasteiger partial charge in [-0.05, 0) is 42.0 Å². The first-order valence-corrected chi connectivity index (χ1v) is 11.2. The van der Waals surface area contributed by atoms with Crippen molar-refractivity contribution in [2.45, 2.75) is 26.3 Å². The molecule has 1 amide bonds. The number of aromatic nitrogens is 5. The Morgan fingerprint density at radius 1 is 1.09 bits per heavy atom. The molecule has 0 aliphatic carbocycles. The SMILES string of the molecule is COc1ncccc1-c1cccc(-c2nc3ccc(C(=O)NCc4nc(C(C)C)no4)cc3[nH]2)c1. The number of nitrogens with one attached hydrogen (secondary N) is 2. The molecular weight excluding hydrogens is 444 g/mol. The third kappa shape index (κ3) is 4.61. The molecule has 0 fully saturated rings. The molecule has 2 N–H and O–H groups in total. The highest BCUT2D eigenvalue weighted by Crippen LogP contribution is 2.31. The van der Waals surface area contributed by atoms with Gasteiger partial charge in [0.2, 0.25) is 11.8 Å². The number of methoxy groups -OCH3 is 1. The lowest BCUT2D eigenvalue weighted by Gasteiger charge is -2.08. The van der Waals surface area contributed by atoms with Crippen molar-refractivity contribution >= 4 is 16.9 Å². The Morgan fingerprint density at radius 3 is 2.74 bits per heavy atom. The van der Waals surface area contributed by atoms with Crippen LogP contribution in [-0.2, 0) is 6.54 Å². The second kappa shape index (κ2) is 9.38. The Bertz CT molecular complexity index is 1500. The van der Waals surface area contributed by atoms with E-state index in [1.807, 2.05) is 56.3 Å². The number of amides is 1. The maximum Gasteiger partial charge on any atom is 0.251 e. The Morgan fingerprint density at radius 2 is 1.94 bits per heavy atom. The zero-order valence-corrected chi connectivity index (χ0v) is 19.6. The molecule has 0 unspecified atom stereocenters. The largest absolute Gasteiger partial charge is 0.481 e. The normalized spacial score (nSPS) is 11.2. The number of aromatic amines is 1. The number of benzene rings is 2. The third-order valence-electron chi connectivity index (χ3n) is 5.56. The zero-order chi connectivity index (χ0) is 24.4. The van der Waals surface area contributed by atoms with Gasteiger partial charge in [-0.1, -0.05) is 37.2 Å². The number of carbonyl (C=O) groups excluding carboxylic acids is 1. The van der Waals surface area contributed by atoms with Crippen LogP contribution in [0.1, 0.15) is 41.8 Å². The summed E-state index contributed by atoms with van der Waals surface area (Å²) in [4.78, 5) is 29.3. The highest BCUT2D eigenvalue weighted by molar-refractivity contribution is 5.97. The van der Waals surface area contributed by atoms with E-state index in [2.05, 4.69) is 25.4 Å². The standard InChI is InChI=1S/C26H24N6O3/c1-15(2)23-31-22(35-32-23)14-28-25(33)18-9-10-20-21(13-18)30-24(29-20)17-7-4-6-16(12-17)19-8-5-11-27-26(19)34-3/h4-13,15H,14H2,1-3H3,(H,28,33)(H,29,30). The summed E-state index contributed by atoms with van der Waals surface area (Å²) in [6, 6.07) is 17.2. The second-order valence-electron chi connectivity index (χ2n) is 8.34. The summed E-state index contributed by atoms with van der Waals surface area (Å²) >= 11 is 0. The highest BCUT2D eigenvalue weighted by Gasteiger charge is 2.14. The van der Waals surface area contributed by atoms with Gasteiger partial charge in [0.25, 0.3) is 5.91 Å². The van der Waals surface area contributed by atoms with Crippen LogP contribution in [0.2, 0.25) is 0 Å². The molecule has 3 aromatic heterocycles. The summed E-state index contributed by atoms with van der Waals surface area (Å²) in [5.41, 5.74) is 4.80. The minimum atomic E-state index is -0.238. The maximum atomic E-state index is 12.7. The monoisotopic (exact) mass is 468 g/mol. The lowest BCUT2D eigenvalue weighted by molar-refractivity contribution is 0.0946. The Balaban J connectivity index is 1.36. The van der Waals surface area contributed by atoms with E-state index in [1.165, 1.54) is 0 Å². The first-order chi connectivity index (χ1) is 17.0. The van der Waals surface area contributed by atoms with Gasteiger partial charge < -0.3 is 19.6 Å². The summed E-state index contributed by atoms with van der Waals surface area (Å²) in [5.74, 6) is 2.18. The van der Waals surface area contributed by atoms with E-state index in [9.17, 15) is 4.79 Å². The topological polar surface area (TPSA) is 119 Å². The summed E-state index contributed by atoms with van der Waals surface area (Å²) in [5, 5.41) is 6.73. The number of pyridine rings is 1. The molecule has 2 aromatic carbocycles. The first-order valence-electron chi connectivity index (χ1n) is 11.2. The van der Waals surface area contributed by atoms with Crippen molar-refractivity contribution < 1.29 is 14.1 Å². The van der Waals surface area contributed by atoms with Crippen LogP contribution in [0.25, 0.3) is 33.5 Å². The van der Waals surface area contributed by atoms with Crippen LogP contribution in [-0.4, -0.2) is 38.1 Å². The minimum absolute atomic E-state index is 0.160. The van der Waals surface area contributed by atoms with Crippen LogP contribution < -0.4 is 10.1 Å². The number of hydrogen-bond acceptors (Lipinski definition) is 7. The molecule has 5 aromatic rings. The van der Waals surface area contributed by atoms with Crippen molar-refractivity contribution in [2.75, 3.05) is 7.11 Å². The second-order valence-corrected chi connectivity index (χ2v) is 8.34. The van der Waals surface area contributed by atoms with E-state index in [0.717, 1.165) is 27.7 Å². The van der Waals surface area contributed by atoms with Crippen LogP contribution in [0.15, 0.2) is 65.3 Å². The van der Waals surface area contributed by atoms with E-state index >= 15 is 0 Å². The van der Waals surface area contributed by atoms with Gasteiger partial charge in [0, 0.05) is 28.8 Å². The number of imidazole rings is 1. The Labute approximate surface area is 201 Å². The van der Waals surface area contributed by atoms with Gasteiger partial charge in [-0.2, -0.15) is 4.98 Å². The average Bonchev–Trinajstić information content (AvgIpc) is 3.54. The molecule has 0 spiro atoms. The van der Waals surface area contributed by atoms with Crippen LogP contribution in [0.3, 0.4) is 0 Å². The smallest absolute Gasteiger partial charge is 0.251 e. The summed E-state index contributed by atoms with van der Waals surface area (Å²) in [7, 11) is 1.60. The van der Waals surface area contributed by atoms with Crippen LogP contribution in [0, 0.1) is 0 Å². The molecule has 9 heteroatoms. The molecule has 9 nitrogen and oxygen atoms in total. The molecule has 0 saturated carbocycles. The number of hydrogen-bond donors (Lipinski definition) is 2. The minimum Gasteiger partial charge on any atom is -0.481 e. The van der Waals surface area contributed by atoms with Gasteiger partial charge in [-0.15, -0.1) is 0 Å². The molecule has 0 bridgehead atoms. The van der Waals surface area contributed by atoms with Gasteiger partial charge in [0.1, 0.15) is 5.82 Å². The molecule has 3 heterocycles. The molecule has 5 rings (SSSR count). The van der Waals surface area contributed by atoms with Crippen LogP contribution >= 0.6 is 0 Å². The number of ether oxygens (including phenoxy) is 1. The predicted octanol–water partition coefficient (Wildman–Crippen LogP) is 4.74. The first kappa shape index (κ1) is 22.3. The predicted molar refractivity (Wildman–Crippen MR) is 131 cm³/mol. The Kier molecular flexibility index (Phi) is 5.97. The zero-order valence-electron chi connectivity index (χ0n) is 19.6. The van der Waals surface area contributed by atoms with Gasteiger partial charge in [-0.25, -0.2) is 9.97 Å². The van der Waals surface area contributed by atoms with E-state index in [0.29, 0.717) is 29.0 Å². The molecule has 0 atom stereocenters. The summed E-state index contributed by atoms with van der Waals surface area (Å²) in [6.07, 6.45) is 1.70. The van der Waals surface area contributed by atoms with Crippen molar-refractivity contribution in [1.82, 2.24) is 30.4 Å². The molecule has 0 aliphatic heterocycles. The van der Waals surface area contributed by atoms with Crippen LogP contribution in [0.5, 0.6) is 5.88 Å². The maximum absolute atomic E-state index is 12.7. The average molecular weight is 469 g/mol. The van der Waals surface area contributed by atoms with Gasteiger partial charge in [-0.3, -0.25) is 4.79 Å². The molecular formula is C26H24N6O3. The molecule has 0 aliphatic rings. The molecule has 0 saturated heterocycles. The van der Waals surface area contributed by atoms with Crippen molar-refractivity contribution in [1.29, 1.82) is 0 Å². The summed E-state index contributed by atoms with van der Waals surface area (Å²) < 4.78 is 10.6. The number of H-pyrrole nitrogens is 1. The fourth-order valence-corrected chi connectivity index (χ4v) is 3.73. The fourth-order valence-electron chi connectivity index (χ4n) is 3.73. The molecule has 35 heavy (non-hydrogen) atoms. The van der Waals surface area contributed by atoms with E-state index in [4.69, 9.17) is 14.2 Å². The van der Waals surface area contributed by atoms with E-state index in [1.54, 1.807) is 25.4 Å². The quantitative estimate of drug-likeness (QED) is 0.354. The number of carbonyl (C=O) groups is 1. The van der Waals surface area contributed by atoms with Crippen molar-refractivity contribution in [3.63, 3.8) is 0 Å². The number of fused-ring (bicyclic) bond motifs is 1. The molecule has 0 radical (unpaired) electrons. The van der Waals surface area contributed by atoms with Crippen molar-refractivity contribution in [3.8, 4) is 28.4 Å². The lowest BCUT2D eigenvalue weighted by atomic mass is 10.0. The van der Waals surface area contributed by atoms with Gasteiger partial charge in [0.05, 0.1) is 24.7 Å². The van der Waals surface area contributed by atoms with Crippen molar-refractivity contribution in [3.05, 3.63) is 78.1 Å².